The minimum Gasteiger partial charge on any atom is -0.512 e. The number of aliphatic hydroxyl groups excluding tert-OH is 1. The summed E-state index contributed by atoms with van der Waals surface area (Å²) in [5.41, 5.74) is 8.03. The van der Waals surface area contributed by atoms with Crippen LogP contribution >= 0.6 is 0 Å². The Morgan fingerprint density at radius 3 is 2.10 bits per heavy atom. The van der Waals surface area contributed by atoms with Crippen LogP contribution in [0, 0.1) is 24.8 Å². The van der Waals surface area contributed by atoms with Gasteiger partial charge in [0.15, 0.2) is 5.78 Å². The Bertz CT molecular complexity index is 1940. The molecule has 1 N–H and O–H groups in total. The monoisotopic (exact) mass is 823 g/mol. The van der Waals surface area contributed by atoms with E-state index in [0.29, 0.717) is 0 Å². The van der Waals surface area contributed by atoms with E-state index in [4.69, 9.17) is 9.40 Å². The number of furan rings is 1. The summed E-state index contributed by atoms with van der Waals surface area (Å²) in [6, 6.07) is 20.9. The number of ketones is 1. The quantitative estimate of drug-likeness (QED) is 0.0962. The Hall–Kier alpha value is -3.27. The van der Waals surface area contributed by atoms with Crippen LogP contribution in [0.15, 0.2) is 71.0 Å². The molecule has 0 atom stereocenters. The number of fused-ring (bicyclic) bond motifs is 5. The van der Waals surface area contributed by atoms with Crippen LogP contribution in [-0.4, -0.2) is 15.9 Å². The Balaban J connectivity index is 0.000000279. The number of aromatic nitrogens is 1. The third-order valence-corrected chi connectivity index (χ3v) is 10.6. The van der Waals surface area contributed by atoms with Crippen molar-refractivity contribution in [3.63, 3.8) is 0 Å². The van der Waals surface area contributed by atoms with Crippen molar-refractivity contribution in [2.75, 3.05) is 0 Å². The van der Waals surface area contributed by atoms with Crippen molar-refractivity contribution in [2.24, 2.45) is 11.8 Å². The van der Waals surface area contributed by atoms with Gasteiger partial charge in [-0.15, -0.1) is 17.7 Å². The maximum Gasteiger partial charge on any atom is 0.162 e. The Labute approximate surface area is 300 Å². The second-order valence-corrected chi connectivity index (χ2v) is 14.7. The number of hydrogen-bond donors (Lipinski definition) is 1. The number of allylic oxidation sites excluding steroid dienone is 2. The molecule has 2 aromatic heterocycles. The summed E-state index contributed by atoms with van der Waals surface area (Å²) in [5.74, 6) is 0.547. The van der Waals surface area contributed by atoms with Gasteiger partial charge in [0, 0.05) is 49.6 Å². The number of benzene rings is 3. The van der Waals surface area contributed by atoms with Gasteiger partial charge in [0.2, 0.25) is 0 Å². The summed E-state index contributed by atoms with van der Waals surface area (Å²) >= 11 is 0. The molecule has 1 aliphatic carbocycles. The van der Waals surface area contributed by atoms with E-state index in [9.17, 15) is 9.90 Å². The fourth-order valence-corrected chi connectivity index (χ4v) is 7.28. The van der Waals surface area contributed by atoms with Crippen molar-refractivity contribution in [3.05, 3.63) is 89.3 Å². The number of carbonyl (C=O) groups is 1. The van der Waals surface area contributed by atoms with Crippen molar-refractivity contribution in [1.29, 1.82) is 0 Å². The Morgan fingerprint density at radius 1 is 0.875 bits per heavy atom. The first-order valence-electron chi connectivity index (χ1n) is 17.6. The van der Waals surface area contributed by atoms with E-state index in [0.717, 1.165) is 64.4 Å². The van der Waals surface area contributed by atoms with Crippen molar-refractivity contribution in [1.82, 2.24) is 4.98 Å². The van der Waals surface area contributed by atoms with E-state index in [2.05, 4.69) is 77.1 Å². The van der Waals surface area contributed by atoms with E-state index in [1.165, 1.54) is 40.8 Å². The maximum absolute atomic E-state index is 11.7. The predicted octanol–water partition coefficient (Wildman–Crippen LogP) is 12.1. The molecule has 0 unspecified atom stereocenters. The second kappa shape index (κ2) is 15.1. The first-order valence-corrected chi connectivity index (χ1v) is 17.6. The summed E-state index contributed by atoms with van der Waals surface area (Å²) in [6.45, 7) is 19.7. The molecular weight excluding hydrogens is 771 g/mol. The molecule has 0 bridgehead atoms. The average molecular weight is 823 g/mol. The molecule has 2 heterocycles. The van der Waals surface area contributed by atoms with E-state index in [1.807, 2.05) is 46.0 Å². The van der Waals surface area contributed by atoms with Gasteiger partial charge in [0.25, 0.3) is 0 Å². The molecule has 0 amide bonds. The SMILES string of the molecule is CCC(CC)C(=O)/C=C(\O)C(CC)CC.Cc1[c-]c(-c2nccc3cc4c(cc23)C(C)(C)CCC4(C)C)c2oc3ccccc3c2c1.[Ir]. The molecule has 4 nitrogen and oxygen atoms in total. The van der Waals surface area contributed by atoms with Gasteiger partial charge in [-0.3, -0.25) is 4.79 Å². The number of aliphatic hydroxyl groups is 1. The van der Waals surface area contributed by atoms with Gasteiger partial charge >= 0.3 is 0 Å². The van der Waals surface area contributed by atoms with Crippen LogP contribution < -0.4 is 0 Å². The molecule has 0 spiro atoms. The molecule has 257 valence electrons. The number of aryl methyl sites for hydroxylation is 1. The number of para-hydroxylation sites is 1. The average Bonchev–Trinajstić information content (AvgIpc) is 3.42. The standard InChI is InChI=1S/C30H28NO.C13H24O2.Ir/c1-18-14-22-20-8-6-7-9-26(20)32-28(22)23(15-18)27-21-17-25-24(16-19(21)10-13-31-27)29(2,3)11-12-30(25,4)5;1-5-10(6-2)12(14)9-13(15)11(7-3)8-4;/h6-10,13-14,16-17H,11-12H2,1-5H3;9-11,14H,5-8H2,1-4H3;/q-1;;/b;12-9-;. The van der Waals surface area contributed by atoms with Crippen LogP contribution in [0.25, 0.3) is 44.0 Å². The van der Waals surface area contributed by atoms with E-state index < -0.39 is 0 Å². The van der Waals surface area contributed by atoms with Gasteiger partial charge in [-0.05, 0) is 89.1 Å². The number of pyridine rings is 1. The van der Waals surface area contributed by atoms with Crippen LogP contribution in [0.5, 0.6) is 0 Å². The van der Waals surface area contributed by atoms with Crippen molar-refractivity contribution >= 4 is 38.5 Å². The molecule has 1 aliphatic rings. The smallest absolute Gasteiger partial charge is 0.162 e. The van der Waals surface area contributed by atoms with E-state index >= 15 is 0 Å². The molecule has 0 fully saturated rings. The van der Waals surface area contributed by atoms with Gasteiger partial charge in [-0.25, -0.2) is 0 Å². The summed E-state index contributed by atoms with van der Waals surface area (Å²) in [7, 11) is 0. The van der Waals surface area contributed by atoms with E-state index in [1.54, 1.807) is 0 Å². The minimum atomic E-state index is 0. The first kappa shape index (κ1) is 37.5. The fraction of sp³-hybridized carbons (Fsp3) is 0.442. The topological polar surface area (TPSA) is 63.3 Å². The number of rotatable bonds is 8. The Morgan fingerprint density at radius 2 is 1.48 bits per heavy atom. The maximum atomic E-state index is 11.7. The van der Waals surface area contributed by atoms with E-state index in [-0.39, 0.29) is 54.3 Å². The Kier molecular flexibility index (Phi) is 11.8. The van der Waals surface area contributed by atoms with Crippen LogP contribution in [-0.2, 0) is 35.7 Å². The first-order chi connectivity index (χ1) is 22.3. The third kappa shape index (κ3) is 7.33. The summed E-state index contributed by atoms with van der Waals surface area (Å²) in [6.07, 6.45) is 9.24. The number of hydrogen-bond acceptors (Lipinski definition) is 4. The molecule has 0 aliphatic heterocycles. The molecular formula is C43H52IrNO3-. The van der Waals surface area contributed by atoms with Crippen LogP contribution in [0.4, 0.5) is 0 Å². The molecule has 0 saturated heterocycles. The zero-order valence-electron chi connectivity index (χ0n) is 30.2. The van der Waals surface area contributed by atoms with Gasteiger partial charge in [0.05, 0.1) is 11.3 Å². The number of carbonyl (C=O) groups excluding carboxylic acids is 1. The molecule has 6 rings (SSSR count). The van der Waals surface area contributed by atoms with Gasteiger partial charge in [-0.1, -0.05) is 104 Å². The van der Waals surface area contributed by atoms with Gasteiger partial charge in [-0.2, -0.15) is 0 Å². The molecule has 0 saturated carbocycles. The third-order valence-electron chi connectivity index (χ3n) is 10.6. The number of nitrogens with zero attached hydrogens (tertiary/aromatic N) is 1. The largest absolute Gasteiger partial charge is 0.512 e. The molecule has 3 aromatic carbocycles. The van der Waals surface area contributed by atoms with Crippen LogP contribution in [0.2, 0.25) is 0 Å². The zero-order valence-corrected chi connectivity index (χ0v) is 32.6. The minimum absolute atomic E-state index is 0. The molecule has 1 radical (unpaired) electrons. The summed E-state index contributed by atoms with van der Waals surface area (Å²) in [5, 5.41) is 14.4. The van der Waals surface area contributed by atoms with Gasteiger partial charge in [0.1, 0.15) is 5.58 Å². The molecule has 48 heavy (non-hydrogen) atoms. The van der Waals surface area contributed by atoms with Crippen molar-refractivity contribution in [3.8, 4) is 11.3 Å². The zero-order chi connectivity index (χ0) is 34.1. The van der Waals surface area contributed by atoms with Crippen LogP contribution in [0.1, 0.15) is 111 Å². The molecule has 5 aromatic rings. The molecule has 5 heteroatoms. The summed E-state index contributed by atoms with van der Waals surface area (Å²) < 4.78 is 6.36. The summed E-state index contributed by atoms with van der Waals surface area (Å²) in [4.78, 5) is 16.6. The predicted molar refractivity (Wildman–Crippen MR) is 197 cm³/mol. The van der Waals surface area contributed by atoms with Crippen molar-refractivity contribution < 1.29 is 34.4 Å². The normalized spacial score (nSPS) is 15.4. The van der Waals surface area contributed by atoms with Gasteiger partial charge < -0.3 is 14.5 Å². The fourth-order valence-electron chi connectivity index (χ4n) is 7.28. The van der Waals surface area contributed by atoms with Crippen molar-refractivity contribution in [2.45, 2.75) is 112 Å². The second-order valence-electron chi connectivity index (χ2n) is 14.7. The van der Waals surface area contributed by atoms with Crippen LogP contribution in [0.3, 0.4) is 0 Å².